The number of hydrogen-bond acceptors (Lipinski definition) is 1. The summed E-state index contributed by atoms with van der Waals surface area (Å²) in [5.74, 6) is 0.895. The van der Waals surface area contributed by atoms with Crippen LogP contribution in [-0.4, -0.2) is 11.7 Å². The summed E-state index contributed by atoms with van der Waals surface area (Å²) < 4.78 is 7.71. The SMILES string of the molecule is COc1ccc(-c2c(C)c(C)c3n2-c2ccccc2C3)cc1. The molecule has 2 heteroatoms. The van der Waals surface area contributed by atoms with Crippen molar-refractivity contribution < 1.29 is 4.74 Å². The van der Waals surface area contributed by atoms with Crippen LogP contribution in [0.4, 0.5) is 0 Å². The van der Waals surface area contributed by atoms with E-state index in [0.717, 1.165) is 12.2 Å². The highest BCUT2D eigenvalue weighted by Gasteiger charge is 2.26. The minimum absolute atomic E-state index is 0.895. The van der Waals surface area contributed by atoms with E-state index in [1.807, 2.05) is 12.1 Å². The van der Waals surface area contributed by atoms with E-state index < -0.39 is 0 Å². The van der Waals surface area contributed by atoms with Gasteiger partial charge in [-0.15, -0.1) is 0 Å². The molecule has 0 saturated heterocycles. The standard InChI is InChI=1S/C20H19NO/c1-13-14(2)20(15-8-10-17(22-3)11-9-15)21-18-7-5-4-6-16(18)12-19(13)21/h4-11H,12H2,1-3H3. The van der Waals surface area contributed by atoms with Gasteiger partial charge in [0.2, 0.25) is 0 Å². The third kappa shape index (κ3) is 1.73. The first kappa shape index (κ1) is 13.2. The number of hydrogen-bond donors (Lipinski definition) is 0. The number of ether oxygens (including phenoxy) is 1. The molecule has 1 aliphatic heterocycles. The molecule has 110 valence electrons. The van der Waals surface area contributed by atoms with Crippen molar-refractivity contribution in [2.45, 2.75) is 20.3 Å². The van der Waals surface area contributed by atoms with E-state index in [4.69, 9.17) is 4.74 Å². The van der Waals surface area contributed by atoms with Gasteiger partial charge in [-0.05, 0) is 66.4 Å². The fourth-order valence-corrected chi connectivity index (χ4v) is 3.50. The van der Waals surface area contributed by atoms with Crippen molar-refractivity contribution in [1.29, 1.82) is 0 Å². The Morgan fingerprint density at radius 3 is 2.36 bits per heavy atom. The molecule has 4 rings (SSSR count). The lowest BCUT2D eigenvalue weighted by Gasteiger charge is -2.11. The predicted octanol–water partition coefficient (Wildman–Crippen LogP) is 4.67. The summed E-state index contributed by atoms with van der Waals surface area (Å²) >= 11 is 0. The molecular weight excluding hydrogens is 270 g/mol. The first-order valence-electron chi connectivity index (χ1n) is 7.64. The third-order valence-corrected chi connectivity index (χ3v) is 4.80. The summed E-state index contributed by atoms with van der Waals surface area (Å²) in [4.78, 5) is 0. The molecule has 2 aromatic carbocycles. The van der Waals surface area contributed by atoms with Crippen LogP contribution < -0.4 is 4.74 Å². The second kappa shape index (κ2) is 4.77. The van der Waals surface area contributed by atoms with Crippen LogP contribution in [0, 0.1) is 13.8 Å². The highest BCUT2D eigenvalue weighted by molar-refractivity contribution is 5.73. The minimum Gasteiger partial charge on any atom is -0.497 e. The van der Waals surface area contributed by atoms with Crippen molar-refractivity contribution in [1.82, 2.24) is 4.57 Å². The molecule has 0 saturated carbocycles. The average molecular weight is 289 g/mol. The average Bonchev–Trinajstić information content (AvgIpc) is 3.04. The lowest BCUT2D eigenvalue weighted by atomic mass is 10.0. The number of rotatable bonds is 2. The van der Waals surface area contributed by atoms with Crippen LogP contribution in [0.5, 0.6) is 5.75 Å². The van der Waals surface area contributed by atoms with Crippen LogP contribution in [-0.2, 0) is 6.42 Å². The van der Waals surface area contributed by atoms with Crippen LogP contribution >= 0.6 is 0 Å². The fraction of sp³-hybridized carbons (Fsp3) is 0.200. The van der Waals surface area contributed by atoms with E-state index in [1.165, 1.54) is 39.3 Å². The summed E-state index contributed by atoms with van der Waals surface area (Å²) in [6.07, 6.45) is 1.03. The van der Waals surface area contributed by atoms with Gasteiger partial charge in [0.05, 0.1) is 12.8 Å². The summed E-state index contributed by atoms with van der Waals surface area (Å²) in [7, 11) is 1.70. The molecule has 0 spiro atoms. The molecule has 22 heavy (non-hydrogen) atoms. The Bertz CT molecular complexity index is 856. The zero-order valence-electron chi connectivity index (χ0n) is 13.2. The van der Waals surface area contributed by atoms with Crippen molar-refractivity contribution in [2.24, 2.45) is 0 Å². The summed E-state index contributed by atoms with van der Waals surface area (Å²) in [5.41, 5.74) is 9.47. The molecule has 0 radical (unpaired) electrons. The van der Waals surface area contributed by atoms with Crippen LogP contribution in [0.2, 0.25) is 0 Å². The molecule has 0 atom stereocenters. The van der Waals surface area contributed by atoms with Gasteiger partial charge in [0, 0.05) is 17.8 Å². The molecule has 0 amide bonds. The van der Waals surface area contributed by atoms with Crippen molar-refractivity contribution in [3.05, 3.63) is 70.9 Å². The maximum atomic E-state index is 5.28. The van der Waals surface area contributed by atoms with Gasteiger partial charge in [0.1, 0.15) is 5.75 Å². The minimum atomic E-state index is 0.895. The number of para-hydroxylation sites is 1. The number of methoxy groups -OCH3 is 1. The Kier molecular flexibility index (Phi) is 2.86. The van der Waals surface area contributed by atoms with Gasteiger partial charge in [-0.25, -0.2) is 0 Å². The lowest BCUT2D eigenvalue weighted by Crippen LogP contribution is -1.96. The van der Waals surface area contributed by atoms with Gasteiger partial charge in [-0.3, -0.25) is 0 Å². The zero-order chi connectivity index (χ0) is 15.3. The van der Waals surface area contributed by atoms with Crippen molar-refractivity contribution in [2.75, 3.05) is 7.11 Å². The van der Waals surface area contributed by atoms with E-state index in [0.29, 0.717) is 0 Å². The number of benzene rings is 2. The normalized spacial score (nSPS) is 12.1. The molecule has 0 N–H and O–H groups in total. The van der Waals surface area contributed by atoms with Crippen LogP contribution in [0.25, 0.3) is 16.9 Å². The Morgan fingerprint density at radius 1 is 0.909 bits per heavy atom. The van der Waals surface area contributed by atoms with Crippen LogP contribution in [0.3, 0.4) is 0 Å². The van der Waals surface area contributed by atoms with Gasteiger partial charge in [0.25, 0.3) is 0 Å². The molecule has 0 fully saturated rings. The maximum absolute atomic E-state index is 5.28. The van der Waals surface area contributed by atoms with Gasteiger partial charge in [-0.2, -0.15) is 0 Å². The number of aromatic nitrogens is 1. The Morgan fingerprint density at radius 2 is 1.64 bits per heavy atom. The Hall–Kier alpha value is -2.48. The maximum Gasteiger partial charge on any atom is 0.118 e. The molecular formula is C20H19NO. The topological polar surface area (TPSA) is 14.2 Å². The van der Waals surface area contributed by atoms with Crippen LogP contribution in [0.15, 0.2) is 48.5 Å². The van der Waals surface area contributed by atoms with Crippen molar-refractivity contribution >= 4 is 0 Å². The molecule has 0 aliphatic carbocycles. The van der Waals surface area contributed by atoms with Crippen molar-refractivity contribution in [3.8, 4) is 22.7 Å². The van der Waals surface area contributed by atoms with E-state index in [2.05, 4.69) is 54.8 Å². The highest BCUT2D eigenvalue weighted by atomic mass is 16.5. The monoisotopic (exact) mass is 289 g/mol. The Balaban J connectivity index is 1.97. The first-order valence-corrected chi connectivity index (χ1v) is 7.64. The van der Waals surface area contributed by atoms with Gasteiger partial charge < -0.3 is 9.30 Å². The van der Waals surface area contributed by atoms with Crippen LogP contribution in [0.1, 0.15) is 22.4 Å². The summed E-state index contributed by atoms with van der Waals surface area (Å²) in [5, 5.41) is 0. The molecule has 3 aromatic rings. The molecule has 2 nitrogen and oxygen atoms in total. The quantitative estimate of drug-likeness (QED) is 0.523. The van der Waals surface area contributed by atoms with Gasteiger partial charge in [-0.1, -0.05) is 18.2 Å². The number of fused-ring (bicyclic) bond motifs is 3. The van der Waals surface area contributed by atoms with Gasteiger partial charge in [0.15, 0.2) is 0 Å². The van der Waals surface area contributed by atoms with Gasteiger partial charge >= 0.3 is 0 Å². The van der Waals surface area contributed by atoms with E-state index in [1.54, 1.807) is 7.11 Å². The molecule has 2 heterocycles. The predicted molar refractivity (Wildman–Crippen MR) is 90.0 cm³/mol. The first-order chi connectivity index (χ1) is 10.7. The number of nitrogens with zero attached hydrogens (tertiary/aromatic N) is 1. The third-order valence-electron chi connectivity index (χ3n) is 4.80. The summed E-state index contributed by atoms with van der Waals surface area (Å²) in [6, 6.07) is 17.1. The highest BCUT2D eigenvalue weighted by Crippen LogP contribution is 2.40. The smallest absolute Gasteiger partial charge is 0.118 e. The van der Waals surface area contributed by atoms with E-state index in [-0.39, 0.29) is 0 Å². The second-order valence-electron chi connectivity index (χ2n) is 5.91. The molecule has 1 aromatic heterocycles. The van der Waals surface area contributed by atoms with Crippen molar-refractivity contribution in [3.63, 3.8) is 0 Å². The fourth-order valence-electron chi connectivity index (χ4n) is 3.50. The zero-order valence-corrected chi connectivity index (χ0v) is 13.2. The van der Waals surface area contributed by atoms with E-state index >= 15 is 0 Å². The largest absolute Gasteiger partial charge is 0.497 e. The Labute approximate surface area is 131 Å². The summed E-state index contributed by atoms with van der Waals surface area (Å²) in [6.45, 7) is 4.46. The molecule has 0 unspecified atom stereocenters. The van der Waals surface area contributed by atoms with E-state index in [9.17, 15) is 0 Å². The second-order valence-corrected chi connectivity index (χ2v) is 5.91. The molecule has 0 bridgehead atoms. The molecule has 1 aliphatic rings. The lowest BCUT2D eigenvalue weighted by molar-refractivity contribution is 0.415.